The molecule has 7 nitrogen and oxygen atoms in total. The summed E-state index contributed by atoms with van der Waals surface area (Å²) >= 11 is 6.13. The van der Waals surface area contributed by atoms with Gasteiger partial charge in [0.15, 0.2) is 0 Å². The van der Waals surface area contributed by atoms with Gasteiger partial charge in [0.25, 0.3) is 5.91 Å². The second-order valence-electron chi connectivity index (χ2n) is 6.70. The summed E-state index contributed by atoms with van der Waals surface area (Å²) < 4.78 is 32.2. The van der Waals surface area contributed by atoms with Crippen LogP contribution in [0.3, 0.4) is 0 Å². The highest BCUT2D eigenvalue weighted by atomic mass is 35.5. The molecule has 1 aromatic carbocycles. The van der Waals surface area contributed by atoms with E-state index >= 15 is 0 Å². The van der Waals surface area contributed by atoms with Crippen LogP contribution in [0.5, 0.6) is 0 Å². The molecular formula is C18H25ClN2O5S. The molecule has 1 saturated heterocycles. The highest BCUT2D eigenvalue weighted by molar-refractivity contribution is 7.89. The number of rotatable bonds is 6. The van der Waals surface area contributed by atoms with Gasteiger partial charge in [-0.1, -0.05) is 18.5 Å². The molecule has 1 aromatic rings. The molecule has 0 aliphatic carbocycles. The number of piperidine rings is 1. The lowest BCUT2D eigenvalue weighted by molar-refractivity contribution is -0.144. The molecule has 0 aromatic heterocycles. The van der Waals surface area contributed by atoms with Gasteiger partial charge in [0, 0.05) is 18.7 Å². The lowest BCUT2D eigenvalue weighted by Crippen LogP contribution is -2.40. The molecule has 2 rings (SSSR count). The van der Waals surface area contributed by atoms with Crippen molar-refractivity contribution in [3.05, 3.63) is 28.8 Å². The van der Waals surface area contributed by atoms with Crippen molar-refractivity contribution in [2.45, 2.75) is 44.6 Å². The molecule has 9 heteroatoms. The summed E-state index contributed by atoms with van der Waals surface area (Å²) in [5, 5.41) is 2.56. The molecule has 27 heavy (non-hydrogen) atoms. The number of carbonyl (C=O) groups excluding carboxylic acids is 2. The predicted molar refractivity (Wildman–Crippen MR) is 102 cm³/mol. The summed E-state index contributed by atoms with van der Waals surface area (Å²) in [6.07, 6.45) is 1.77. The van der Waals surface area contributed by atoms with E-state index in [1.165, 1.54) is 29.4 Å². The average Bonchev–Trinajstić information content (AvgIpc) is 2.62. The van der Waals surface area contributed by atoms with Crippen molar-refractivity contribution < 1.29 is 22.7 Å². The molecule has 0 radical (unpaired) electrons. The number of benzene rings is 1. The second-order valence-corrected chi connectivity index (χ2v) is 9.02. The third-order valence-electron chi connectivity index (χ3n) is 4.42. The maximum Gasteiger partial charge on any atom is 0.328 e. The first-order valence-corrected chi connectivity index (χ1v) is 10.8. The quantitative estimate of drug-likeness (QED) is 0.719. The molecular weight excluding hydrogens is 392 g/mol. The summed E-state index contributed by atoms with van der Waals surface area (Å²) in [5.74, 6) is -0.866. The van der Waals surface area contributed by atoms with E-state index in [9.17, 15) is 18.0 Å². The Balaban J connectivity index is 2.25. The summed E-state index contributed by atoms with van der Waals surface area (Å²) in [4.78, 5) is 24.0. The lowest BCUT2D eigenvalue weighted by atomic mass is 10.0. The summed E-state index contributed by atoms with van der Waals surface area (Å²) in [6.45, 7) is 6.23. The highest BCUT2D eigenvalue weighted by Crippen LogP contribution is 2.29. The molecule has 1 N–H and O–H groups in total. The monoisotopic (exact) mass is 416 g/mol. The van der Waals surface area contributed by atoms with Gasteiger partial charge in [-0.25, -0.2) is 13.2 Å². The maximum absolute atomic E-state index is 13.0. The minimum atomic E-state index is -3.81. The van der Waals surface area contributed by atoms with E-state index in [2.05, 4.69) is 5.32 Å². The van der Waals surface area contributed by atoms with E-state index in [1.807, 2.05) is 6.92 Å². The molecule has 1 amide bonds. The molecule has 1 fully saturated rings. The van der Waals surface area contributed by atoms with E-state index in [0.29, 0.717) is 13.1 Å². The number of carbonyl (C=O) groups is 2. The van der Waals surface area contributed by atoms with Gasteiger partial charge in [0.2, 0.25) is 10.0 Å². The number of hydrogen-bond acceptors (Lipinski definition) is 5. The van der Waals surface area contributed by atoms with Gasteiger partial charge in [0.05, 0.1) is 11.6 Å². The second kappa shape index (κ2) is 9.03. The van der Waals surface area contributed by atoms with E-state index < -0.39 is 27.9 Å². The van der Waals surface area contributed by atoms with Crippen LogP contribution in [0.25, 0.3) is 0 Å². The van der Waals surface area contributed by atoms with Crippen molar-refractivity contribution in [3.63, 3.8) is 0 Å². The topological polar surface area (TPSA) is 92.8 Å². The van der Waals surface area contributed by atoms with Crippen molar-refractivity contribution in [3.8, 4) is 0 Å². The van der Waals surface area contributed by atoms with Crippen LogP contribution in [0.2, 0.25) is 5.02 Å². The third-order valence-corrected chi connectivity index (χ3v) is 6.77. The van der Waals surface area contributed by atoms with Crippen LogP contribution in [-0.4, -0.2) is 50.3 Å². The number of amides is 1. The predicted octanol–water partition coefficient (Wildman–Crippen LogP) is 2.44. The number of esters is 1. The van der Waals surface area contributed by atoms with Crippen molar-refractivity contribution in [1.29, 1.82) is 0 Å². The Kier molecular flexibility index (Phi) is 7.25. The molecule has 0 spiro atoms. The van der Waals surface area contributed by atoms with E-state index in [1.54, 1.807) is 6.92 Å². The Hall–Kier alpha value is -1.64. The first-order valence-electron chi connectivity index (χ1n) is 8.94. The number of hydrogen-bond donors (Lipinski definition) is 1. The first kappa shape index (κ1) is 21.7. The van der Waals surface area contributed by atoms with Crippen LogP contribution >= 0.6 is 11.6 Å². The zero-order valence-corrected chi connectivity index (χ0v) is 17.3. The summed E-state index contributed by atoms with van der Waals surface area (Å²) in [7, 11) is -3.81. The molecule has 0 unspecified atom stereocenters. The molecule has 150 valence electrons. The Morgan fingerprint density at radius 3 is 2.74 bits per heavy atom. The fourth-order valence-electron chi connectivity index (χ4n) is 2.95. The number of sulfonamides is 1. The number of ether oxygens (including phenoxy) is 1. The van der Waals surface area contributed by atoms with Crippen LogP contribution in [0.1, 0.15) is 44.0 Å². The van der Waals surface area contributed by atoms with E-state index in [4.69, 9.17) is 16.3 Å². The van der Waals surface area contributed by atoms with Crippen molar-refractivity contribution in [2.75, 3.05) is 19.7 Å². The fourth-order valence-corrected chi connectivity index (χ4v) is 5.05. The van der Waals surface area contributed by atoms with Gasteiger partial charge in [-0.15, -0.1) is 0 Å². The van der Waals surface area contributed by atoms with Gasteiger partial charge >= 0.3 is 5.97 Å². The van der Waals surface area contributed by atoms with Crippen molar-refractivity contribution in [1.82, 2.24) is 9.62 Å². The van der Waals surface area contributed by atoms with Gasteiger partial charge in [-0.05, 0) is 50.8 Å². The van der Waals surface area contributed by atoms with Crippen LogP contribution in [0.4, 0.5) is 0 Å². The standard InChI is InChI=1S/C18H25ClN2O5S/c1-4-26-18(23)13(3)20-17(22)14-7-8-15(19)16(10-14)27(24,25)21-9-5-6-12(2)11-21/h7-8,10,12-13H,4-6,9,11H2,1-3H3,(H,20,22)/t12-,13+/m1/s1. The van der Waals surface area contributed by atoms with E-state index in [0.717, 1.165) is 12.8 Å². The molecule has 2 atom stereocenters. The van der Waals surface area contributed by atoms with Crippen LogP contribution in [-0.2, 0) is 19.6 Å². The summed E-state index contributed by atoms with van der Waals surface area (Å²) in [5.41, 5.74) is 0.110. The third kappa shape index (κ3) is 5.21. The molecule has 1 aliphatic heterocycles. The Morgan fingerprint density at radius 1 is 1.41 bits per heavy atom. The highest BCUT2D eigenvalue weighted by Gasteiger charge is 2.31. The normalized spacial score (nSPS) is 19.3. The van der Waals surface area contributed by atoms with Gasteiger partial charge in [-0.3, -0.25) is 4.79 Å². The van der Waals surface area contributed by atoms with Crippen molar-refractivity contribution >= 4 is 33.5 Å². The number of nitrogens with zero attached hydrogens (tertiary/aromatic N) is 1. The first-order chi connectivity index (χ1) is 12.7. The molecule has 1 heterocycles. The van der Waals surface area contributed by atoms with Crippen LogP contribution < -0.4 is 5.32 Å². The number of nitrogens with one attached hydrogen (secondary N) is 1. The van der Waals surface area contributed by atoms with Gasteiger partial charge < -0.3 is 10.1 Å². The van der Waals surface area contributed by atoms with Crippen LogP contribution in [0, 0.1) is 5.92 Å². The largest absolute Gasteiger partial charge is 0.464 e. The fraction of sp³-hybridized carbons (Fsp3) is 0.556. The minimum absolute atomic E-state index is 0.0585. The molecule has 1 aliphatic rings. The zero-order valence-electron chi connectivity index (χ0n) is 15.7. The SMILES string of the molecule is CCOC(=O)[C@H](C)NC(=O)c1ccc(Cl)c(S(=O)(=O)N2CCC[C@@H](C)C2)c1. The summed E-state index contributed by atoms with van der Waals surface area (Å²) in [6, 6.07) is 3.21. The van der Waals surface area contributed by atoms with Crippen LogP contribution in [0.15, 0.2) is 23.1 Å². The van der Waals surface area contributed by atoms with Crippen molar-refractivity contribution in [2.24, 2.45) is 5.92 Å². The Morgan fingerprint density at radius 2 is 2.11 bits per heavy atom. The van der Waals surface area contributed by atoms with Gasteiger partial charge in [-0.2, -0.15) is 4.31 Å². The Labute approximate surface area is 165 Å². The molecule has 0 bridgehead atoms. The minimum Gasteiger partial charge on any atom is -0.464 e. The maximum atomic E-state index is 13.0. The average molecular weight is 417 g/mol. The Bertz CT molecular complexity index is 812. The lowest BCUT2D eigenvalue weighted by Gasteiger charge is -2.30. The molecule has 0 saturated carbocycles. The number of halogens is 1. The van der Waals surface area contributed by atoms with E-state index in [-0.39, 0.29) is 28.0 Å². The van der Waals surface area contributed by atoms with Gasteiger partial charge in [0.1, 0.15) is 10.9 Å². The zero-order chi connectivity index (χ0) is 20.2. The smallest absolute Gasteiger partial charge is 0.328 e.